The van der Waals surface area contributed by atoms with Gasteiger partial charge >= 0.3 is 0 Å². The van der Waals surface area contributed by atoms with Gasteiger partial charge in [-0.15, -0.1) is 0 Å². The van der Waals surface area contributed by atoms with Crippen LogP contribution in [0.3, 0.4) is 0 Å². The molecule has 1 aliphatic heterocycles. The lowest BCUT2D eigenvalue weighted by atomic mass is 9.87. The third-order valence-electron chi connectivity index (χ3n) is 5.09. The number of hydrogen-bond donors (Lipinski definition) is 1. The Hall–Kier alpha value is -2.24. The number of rotatable bonds is 5. The van der Waals surface area contributed by atoms with Crippen LogP contribution in [0.15, 0.2) is 42.5 Å². The maximum atomic E-state index is 12.9. The van der Waals surface area contributed by atoms with Gasteiger partial charge in [0.2, 0.25) is 0 Å². The van der Waals surface area contributed by atoms with E-state index in [-0.39, 0.29) is 11.8 Å². The van der Waals surface area contributed by atoms with Crippen molar-refractivity contribution in [3.8, 4) is 11.5 Å². The molecule has 1 heterocycles. The second-order valence-electron chi connectivity index (χ2n) is 6.68. The minimum atomic E-state index is -0.501. The highest BCUT2D eigenvalue weighted by atomic mass is 35.5. The van der Waals surface area contributed by atoms with E-state index in [1.165, 1.54) is 14.2 Å². The van der Waals surface area contributed by atoms with Crippen molar-refractivity contribution in [3.05, 3.63) is 58.6 Å². The van der Waals surface area contributed by atoms with E-state index < -0.39 is 6.10 Å². The maximum absolute atomic E-state index is 12.9. The van der Waals surface area contributed by atoms with Crippen LogP contribution in [0.1, 0.15) is 34.9 Å². The largest absolute Gasteiger partial charge is 0.493 e. The van der Waals surface area contributed by atoms with Gasteiger partial charge in [0.05, 0.1) is 25.3 Å². The molecule has 3 rings (SSSR count). The monoisotopic (exact) mass is 389 g/mol. The van der Waals surface area contributed by atoms with Crippen molar-refractivity contribution in [2.75, 3.05) is 27.3 Å². The summed E-state index contributed by atoms with van der Waals surface area (Å²) in [6.45, 7) is 1.19. The smallest absolute Gasteiger partial charge is 0.254 e. The molecule has 27 heavy (non-hydrogen) atoms. The van der Waals surface area contributed by atoms with E-state index in [1.807, 2.05) is 30.3 Å². The van der Waals surface area contributed by atoms with E-state index in [0.29, 0.717) is 35.2 Å². The Bertz CT molecular complexity index is 788. The van der Waals surface area contributed by atoms with Gasteiger partial charge in [-0.25, -0.2) is 0 Å². The summed E-state index contributed by atoms with van der Waals surface area (Å²) in [5, 5.41) is 10.9. The zero-order chi connectivity index (χ0) is 19.4. The van der Waals surface area contributed by atoms with Crippen LogP contribution in [0.5, 0.6) is 11.5 Å². The topological polar surface area (TPSA) is 59.0 Å². The van der Waals surface area contributed by atoms with Crippen LogP contribution in [0.25, 0.3) is 0 Å². The first kappa shape index (κ1) is 19.5. The Morgan fingerprint density at radius 2 is 1.81 bits per heavy atom. The fraction of sp³-hybridized carbons (Fsp3) is 0.381. The van der Waals surface area contributed by atoms with Crippen molar-refractivity contribution in [1.29, 1.82) is 0 Å². The van der Waals surface area contributed by atoms with Gasteiger partial charge < -0.3 is 19.5 Å². The molecule has 0 aromatic heterocycles. The van der Waals surface area contributed by atoms with E-state index >= 15 is 0 Å². The van der Waals surface area contributed by atoms with E-state index in [2.05, 4.69) is 0 Å². The van der Waals surface area contributed by atoms with Crippen molar-refractivity contribution in [3.63, 3.8) is 0 Å². The molecule has 5 nitrogen and oxygen atoms in total. The molecule has 1 amide bonds. The number of carbonyl (C=O) groups excluding carboxylic acids is 1. The summed E-state index contributed by atoms with van der Waals surface area (Å²) in [5.74, 6) is 0.902. The normalized spacial score (nSPS) is 16.1. The van der Waals surface area contributed by atoms with E-state index in [9.17, 15) is 9.90 Å². The van der Waals surface area contributed by atoms with Crippen LogP contribution in [-0.2, 0) is 0 Å². The lowest BCUT2D eigenvalue weighted by Crippen LogP contribution is -2.39. The Morgan fingerprint density at radius 1 is 1.15 bits per heavy atom. The van der Waals surface area contributed by atoms with Gasteiger partial charge in [0.25, 0.3) is 5.91 Å². The van der Waals surface area contributed by atoms with Gasteiger partial charge in [-0.1, -0.05) is 41.9 Å². The van der Waals surface area contributed by atoms with Gasteiger partial charge in [0, 0.05) is 18.7 Å². The minimum absolute atomic E-state index is 0.0921. The zero-order valence-corrected chi connectivity index (χ0v) is 16.3. The van der Waals surface area contributed by atoms with Crippen LogP contribution < -0.4 is 9.47 Å². The molecule has 1 aliphatic rings. The Kier molecular flexibility index (Phi) is 6.24. The Morgan fingerprint density at radius 3 is 2.41 bits per heavy atom. The van der Waals surface area contributed by atoms with Crippen LogP contribution in [0.4, 0.5) is 0 Å². The lowest BCUT2D eigenvalue weighted by Gasteiger charge is -2.34. The predicted molar refractivity (Wildman–Crippen MR) is 105 cm³/mol. The molecule has 0 spiro atoms. The first-order valence-corrected chi connectivity index (χ1v) is 9.36. The van der Waals surface area contributed by atoms with Gasteiger partial charge in [-0.2, -0.15) is 0 Å². The predicted octanol–water partition coefficient (Wildman–Crippen LogP) is 3.94. The molecule has 1 N–H and O–H groups in total. The number of piperidine rings is 1. The number of carbonyl (C=O) groups is 1. The van der Waals surface area contributed by atoms with Crippen molar-refractivity contribution in [1.82, 2.24) is 4.90 Å². The quantitative estimate of drug-likeness (QED) is 0.841. The molecule has 0 radical (unpaired) electrons. The van der Waals surface area contributed by atoms with Gasteiger partial charge in [0.1, 0.15) is 0 Å². The molecule has 1 fully saturated rings. The summed E-state index contributed by atoms with van der Waals surface area (Å²) in [6.07, 6.45) is 1.00. The number of hydrogen-bond acceptors (Lipinski definition) is 4. The second-order valence-corrected chi connectivity index (χ2v) is 7.09. The molecule has 6 heteroatoms. The molecule has 0 saturated carbocycles. The first-order valence-electron chi connectivity index (χ1n) is 8.99. The standard InChI is InChI=1S/C21H24ClNO4/c1-26-18-13-16(12-17(22)20(18)27-2)21(25)23-10-8-15(9-11-23)19(24)14-6-4-3-5-7-14/h3-7,12-13,15,19,24H,8-11H2,1-2H3. The summed E-state index contributed by atoms with van der Waals surface area (Å²) in [4.78, 5) is 14.7. The SMILES string of the molecule is COc1cc(C(=O)N2CCC(C(O)c3ccccc3)CC2)cc(Cl)c1OC. The third-order valence-corrected chi connectivity index (χ3v) is 5.38. The fourth-order valence-electron chi connectivity index (χ4n) is 3.56. The molecule has 1 atom stereocenters. The number of amides is 1. The van der Waals surface area contributed by atoms with Crippen molar-refractivity contribution in [2.24, 2.45) is 5.92 Å². The van der Waals surface area contributed by atoms with Crippen LogP contribution in [-0.4, -0.2) is 43.2 Å². The average molecular weight is 390 g/mol. The van der Waals surface area contributed by atoms with Gasteiger partial charge in [-0.05, 0) is 36.5 Å². The molecule has 1 unspecified atom stereocenters. The maximum Gasteiger partial charge on any atom is 0.254 e. The fourth-order valence-corrected chi connectivity index (χ4v) is 3.85. The molecule has 144 valence electrons. The molecule has 2 aromatic rings. The third kappa shape index (κ3) is 4.20. The Balaban J connectivity index is 1.67. The summed E-state index contributed by atoms with van der Waals surface area (Å²) < 4.78 is 10.5. The number of nitrogens with zero attached hydrogens (tertiary/aromatic N) is 1. The van der Waals surface area contributed by atoms with Crippen LogP contribution in [0.2, 0.25) is 5.02 Å². The van der Waals surface area contributed by atoms with E-state index in [0.717, 1.165) is 18.4 Å². The highest BCUT2D eigenvalue weighted by Crippen LogP contribution is 2.37. The molecule has 2 aromatic carbocycles. The van der Waals surface area contributed by atoms with Crippen LogP contribution >= 0.6 is 11.6 Å². The molecule has 1 saturated heterocycles. The summed E-state index contributed by atoms with van der Waals surface area (Å²) >= 11 is 6.22. The summed E-state index contributed by atoms with van der Waals surface area (Å²) in [7, 11) is 3.02. The molecule has 0 bridgehead atoms. The number of benzene rings is 2. The van der Waals surface area contributed by atoms with E-state index in [4.69, 9.17) is 21.1 Å². The number of likely N-dealkylation sites (tertiary alicyclic amines) is 1. The van der Waals surface area contributed by atoms with Gasteiger partial charge in [0.15, 0.2) is 11.5 Å². The lowest BCUT2D eigenvalue weighted by molar-refractivity contribution is 0.0462. The average Bonchev–Trinajstić information content (AvgIpc) is 2.72. The summed E-state index contributed by atoms with van der Waals surface area (Å²) in [5.41, 5.74) is 1.40. The molecular weight excluding hydrogens is 366 g/mol. The van der Waals surface area contributed by atoms with Crippen LogP contribution in [0, 0.1) is 5.92 Å². The highest BCUT2D eigenvalue weighted by Gasteiger charge is 2.29. The number of methoxy groups -OCH3 is 2. The van der Waals surface area contributed by atoms with Crippen molar-refractivity contribution in [2.45, 2.75) is 18.9 Å². The molecule has 0 aliphatic carbocycles. The summed E-state index contributed by atoms with van der Waals surface area (Å²) in [6, 6.07) is 12.9. The first-order chi connectivity index (χ1) is 13.0. The number of aliphatic hydroxyl groups excluding tert-OH is 1. The van der Waals surface area contributed by atoms with E-state index in [1.54, 1.807) is 17.0 Å². The number of ether oxygens (including phenoxy) is 2. The molecular formula is C21H24ClNO4. The van der Waals surface area contributed by atoms with Crippen molar-refractivity contribution < 1.29 is 19.4 Å². The highest BCUT2D eigenvalue weighted by molar-refractivity contribution is 6.32. The zero-order valence-electron chi connectivity index (χ0n) is 15.5. The second kappa shape index (κ2) is 8.63. The Labute approximate surface area is 164 Å². The number of aliphatic hydroxyl groups is 1. The van der Waals surface area contributed by atoms with Gasteiger partial charge in [-0.3, -0.25) is 4.79 Å². The minimum Gasteiger partial charge on any atom is -0.493 e. The number of halogens is 1. The van der Waals surface area contributed by atoms with Crippen molar-refractivity contribution >= 4 is 17.5 Å².